The minimum absolute atomic E-state index is 0.245. The Morgan fingerprint density at radius 1 is 1.59 bits per heavy atom. The lowest BCUT2D eigenvalue weighted by Gasteiger charge is -2.07. The van der Waals surface area contributed by atoms with E-state index in [4.69, 9.17) is 5.73 Å². The van der Waals surface area contributed by atoms with Crippen LogP contribution in [-0.2, 0) is 10.5 Å². The lowest BCUT2D eigenvalue weighted by atomic mass is 10.2. The standard InChI is InChI=1S/C12H18N2O2S/c1-3-10(13)7-17-8-11-5-4-9(6-14-11)12(15)16-2/h4-6,10H,3,7-8,13H2,1-2H3. The highest BCUT2D eigenvalue weighted by Gasteiger charge is 2.05. The highest BCUT2D eigenvalue weighted by molar-refractivity contribution is 7.98. The van der Waals surface area contributed by atoms with E-state index in [-0.39, 0.29) is 12.0 Å². The molecule has 1 heterocycles. The molecule has 94 valence electrons. The van der Waals surface area contributed by atoms with Crippen molar-refractivity contribution in [2.24, 2.45) is 5.73 Å². The van der Waals surface area contributed by atoms with Gasteiger partial charge < -0.3 is 10.5 Å². The topological polar surface area (TPSA) is 65.2 Å². The van der Waals surface area contributed by atoms with E-state index in [1.165, 1.54) is 7.11 Å². The van der Waals surface area contributed by atoms with Crippen molar-refractivity contribution < 1.29 is 9.53 Å². The molecule has 4 nitrogen and oxygen atoms in total. The van der Waals surface area contributed by atoms with Gasteiger partial charge in [-0.3, -0.25) is 4.98 Å². The molecule has 1 aromatic heterocycles. The summed E-state index contributed by atoms with van der Waals surface area (Å²) in [5, 5.41) is 0. The van der Waals surface area contributed by atoms with E-state index < -0.39 is 0 Å². The lowest BCUT2D eigenvalue weighted by Crippen LogP contribution is -2.21. The SMILES string of the molecule is CCC(N)CSCc1ccc(C(=O)OC)cn1. The Bertz CT molecular complexity index is 354. The molecule has 0 aliphatic rings. The third kappa shape index (κ3) is 4.75. The molecule has 0 bridgehead atoms. The van der Waals surface area contributed by atoms with E-state index in [2.05, 4.69) is 16.6 Å². The van der Waals surface area contributed by atoms with Crippen LogP contribution in [0.5, 0.6) is 0 Å². The fourth-order valence-electron chi connectivity index (χ4n) is 1.18. The van der Waals surface area contributed by atoms with Crippen molar-refractivity contribution in [2.45, 2.75) is 25.1 Å². The first-order chi connectivity index (χ1) is 8.17. The molecule has 5 heteroatoms. The van der Waals surface area contributed by atoms with Gasteiger partial charge in [-0.05, 0) is 18.6 Å². The number of methoxy groups -OCH3 is 1. The fraction of sp³-hybridized carbons (Fsp3) is 0.500. The third-order valence-electron chi connectivity index (χ3n) is 2.35. The molecule has 1 rings (SSSR count). The van der Waals surface area contributed by atoms with Gasteiger partial charge in [-0.25, -0.2) is 4.79 Å². The summed E-state index contributed by atoms with van der Waals surface area (Å²) in [5.41, 5.74) is 7.24. The molecule has 0 amide bonds. The summed E-state index contributed by atoms with van der Waals surface area (Å²) in [6, 6.07) is 3.82. The number of carbonyl (C=O) groups is 1. The third-order valence-corrected chi connectivity index (χ3v) is 3.52. The van der Waals surface area contributed by atoms with E-state index in [1.54, 1.807) is 24.0 Å². The zero-order chi connectivity index (χ0) is 12.7. The van der Waals surface area contributed by atoms with Crippen LogP contribution in [0.4, 0.5) is 0 Å². The molecule has 2 N–H and O–H groups in total. The Morgan fingerprint density at radius 2 is 2.35 bits per heavy atom. The number of ether oxygens (including phenoxy) is 1. The second-order valence-electron chi connectivity index (χ2n) is 3.71. The van der Waals surface area contributed by atoms with Gasteiger partial charge in [0.1, 0.15) is 0 Å². The van der Waals surface area contributed by atoms with E-state index in [0.29, 0.717) is 5.56 Å². The molecule has 0 aromatic carbocycles. The molecule has 0 saturated heterocycles. The van der Waals surface area contributed by atoms with Crippen LogP contribution in [-0.4, -0.2) is 29.9 Å². The van der Waals surface area contributed by atoms with Crippen molar-refractivity contribution in [2.75, 3.05) is 12.9 Å². The molecular weight excluding hydrogens is 236 g/mol. The largest absolute Gasteiger partial charge is 0.465 e. The van der Waals surface area contributed by atoms with Crippen molar-refractivity contribution in [3.63, 3.8) is 0 Å². The number of hydrogen-bond donors (Lipinski definition) is 1. The first-order valence-corrected chi connectivity index (χ1v) is 6.69. The maximum Gasteiger partial charge on any atom is 0.339 e. The highest BCUT2D eigenvalue weighted by atomic mass is 32.2. The van der Waals surface area contributed by atoms with Gasteiger partial charge in [0.2, 0.25) is 0 Å². The van der Waals surface area contributed by atoms with Crippen molar-refractivity contribution in [1.82, 2.24) is 4.98 Å². The molecule has 1 unspecified atom stereocenters. The summed E-state index contributed by atoms with van der Waals surface area (Å²) in [6.07, 6.45) is 2.53. The summed E-state index contributed by atoms with van der Waals surface area (Å²) in [6.45, 7) is 2.08. The lowest BCUT2D eigenvalue weighted by molar-refractivity contribution is 0.0600. The van der Waals surface area contributed by atoms with E-state index in [1.807, 2.05) is 6.07 Å². The first kappa shape index (κ1) is 14.0. The second-order valence-corrected chi connectivity index (χ2v) is 4.74. The fourth-order valence-corrected chi connectivity index (χ4v) is 2.22. The van der Waals surface area contributed by atoms with Crippen LogP contribution in [0.25, 0.3) is 0 Å². The molecule has 17 heavy (non-hydrogen) atoms. The molecule has 1 aromatic rings. The smallest absolute Gasteiger partial charge is 0.339 e. The van der Waals surface area contributed by atoms with Crippen LogP contribution in [0.1, 0.15) is 29.4 Å². The number of carbonyl (C=O) groups excluding carboxylic acids is 1. The molecule has 0 aliphatic heterocycles. The van der Waals surface area contributed by atoms with Crippen LogP contribution in [0, 0.1) is 0 Å². The number of esters is 1. The molecule has 0 aliphatic carbocycles. The number of rotatable bonds is 6. The number of hydrogen-bond acceptors (Lipinski definition) is 5. The van der Waals surface area contributed by atoms with E-state index in [0.717, 1.165) is 23.6 Å². The Kier molecular flexibility index (Phi) is 6.00. The van der Waals surface area contributed by atoms with E-state index >= 15 is 0 Å². The summed E-state index contributed by atoms with van der Waals surface area (Å²) >= 11 is 1.76. The predicted octanol–water partition coefficient (Wildman–Crippen LogP) is 1.84. The van der Waals surface area contributed by atoms with Gasteiger partial charge in [-0.1, -0.05) is 6.92 Å². The van der Waals surface area contributed by atoms with Crippen LogP contribution in [0.15, 0.2) is 18.3 Å². The van der Waals surface area contributed by atoms with Crippen molar-refractivity contribution >= 4 is 17.7 Å². The maximum absolute atomic E-state index is 11.2. The number of nitrogens with zero attached hydrogens (tertiary/aromatic N) is 1. The van der Waals surface area contributed by atoms with Gasteiger partial charge in [0.05, 0.1) is 18.4 Å². The Hall–Kier alpha value is -1.07. The number of nitrogens with two attached hydrogens (primary N) is 1. The number of thioether (sulfide) groups is 1. The monoisotopic (exact) mass is 254 g/mol. The average Bonchev–Trinajstić information content (AvgIpc) is 2.38. The normalized spacial score (nSPS) is 12.2. The second kappa shape index (κ2) is 7.29. The summed E-state index contributed by atoms with van der Waals surface area (Å²) in [5.74, 6) is 1.39. The van der Waals surface area contributed by atoms with Crippen LogP contribution in [0.3, 0.4) is 0 Å². The molecular formula is C12H18N2O2S. The zero-order valence-electron chi connectivity index (χ0n) is 10.2. The van der Waals surface area contributed by atoms with Crippen molar-refractivity contribution in [3.05, 3.63) is 29.6 Å². The highest BCUT2D eigenvalue weighted by Crippen LogP contribution is 2.12. The molecule has 0 radical (unpaired) electrons. The van der Waals surface area contributed by atoms with Gasteiger partial charge in [0.25, 0.3) is 0 Å². The minimum atomic E-state index is -0.357. The number of aromatic nitrogens is 1. The molecule has 0 spiro atoms. The summed E-state index contributed by atoms with van der Waals surface area (Å²) in [7, 11) is 1.36. The van der Waals surface area contributed by atoms with Crippen molar-refractivity contribution in [3.8, 4) is 0 Å². The van der Waals surface area contributed by atoms with Gasteiger partial charge >= 0.3 is 5.97 Å². The van der Waals surface area contributed by atoms with Crippen molar-refractivity contribution in [1.29, 1.82) is 0 Å². The first-order valence-electron chi connectivity index (χ1n) is 5.54. The van der Waals surface area contributed by atoms with Gasteiger partial charge in [-0.2, -0.15) is 11.8 Å². The van der Waals surface area contributed by atoms with Gasteiger partial charge in [-0.15, -0.1) is 0 Å². The predicted molar refractivity (Wildman–Crippen MR) is 70.0 cm³/mol. The zero-order valence-corrected chi connectivity index (χ0v) is 11.0. The van der Waals surface area contributed by atoms with Gasteiger partial charge in [0, 0.05) is 23.7 Å². The quantitative estimate of drug-likeness (QED) is 0.785. The van der Waals surface area contributed by atoms with Crippen LogP contribution < -0.4 is 5.73 Å². The summed E-state index contributed by atoms with van der Waals surface area (Å²) in [4.78, 5) is 15.4. The Labute approximate surface area is 106 Å². The molecule has 0 fully saturated rings. The molecule has 0 saturated carbocycles. The van der Waals surface area contributed by atoms with Gasteiger partial charge in [0.15, 0.2) is 0 Å². The maximum atomic E-state index is 11.2. The molecule has 1 atom stereocenters. The average molecular weight is 254 g/mol. The summed E-state index contributed by atoms with van der Waals surface area (Å²) < 4.78 is 4.60. The number of pyridine rings is 1. The van der Waals surface area contributed by atoms with Crippen LogP contribution >= 0.6 is 11.8 Å². The van der Waals surface area contributed by atoms with Crippen LogP contribution in [0.2, 0.25) is 0 Å². The minimum Gasteiger partial charge on any atom is -0.465 e. The Morgan fingerprint density at radius 3 is 2.88 bits per heavy atom. The van der Waals surface area contributed by atoms with E-state index in [9.17, 15) is 4.79 Å². The Balaban J connectivity index is 2.43.